The number of ether oxygens (including phenoxy) is 2. The summed E-state index contributed by atoms with van der Waals surface area (Å²) in [5.74, 6) is -0.565. The predicted octanol–water partition coefficient (Wildman–Crippen LogP) is 0.455. The first-order chi connectivity index (χ1) is 6.56. The van der Waals surface area contributed by atoms with Crippen LogP contribution in [0.15, 0.2) is 16.8 Å². The lowest BCUT2D eigenvalue weighted by molar-refractivity contribution is -0.132. The van der Waals surface area contributed by atoms with E-state index < -0.39 is 12.2 Å². The molecule has 0 amide bonds. The van der Waals surface area contributed by atoms with Gasteiger partial charge in [-0.2, -0.15) is 0 Å². The summed E-state index contributed by atoms with van der Waals surface area (Å²) in [5, 5.41) is 0. The van der Waals surface area contributed by atoms with Crippen molar-refractivity contribution in [1.82, 2.24) is 0 Å². The van der Waals surface area contributed by atoms with Crippen LogP contribution in [0.2, 0.25) is 0 Å². The van der Waals surface area contributed by atoms with Crippen molar-refractivity contribution in [3.05, 3.63) is 11.8 Å². The van der Waals surface area contributed by atoms with Crippen molar-refractivity contribution < 1.29 is 14.3 Å². The molecule has 1 atom stereocenters. The molecule has 0 spiro atoms. The largest absolute Gasteiger partial charge is 0.464 e. The number of carbonyl (C=O) groups is 1. The third-order valence-corrected chi connectivity index (χ3v) is 1.62. The van der Waals surface area contributed by atoms with E-state index >= 15 is 0 Å². The third kappa shape index (κ3) is 3.57. The molecule has 0 aliphatic heterocycles. The molecule has 1 unspecified atom stereocenters. The van der Waals surface area contributed by atoms with E-state index in [2.05, 4.69) is 9.73 Å². The quantitative estimate of drug-likeness (QED) is 0.528. The van der Waals surface area contributed by atoms with Crippen molar-refractivity contribution in [2.45, 2.75) is 20.1 Å². The number of aliphatic imine (C=N–C) groups is 1. The van der Waals surface area contributed by atoms with Gasteiger partial charge in [0, 0.05) is 7.11 Å². The first kappa shape index (κ1) is 12.6. The molecule has 0 saturated carbocycles. The van der Waals surface area contributed by atoms with Gasteiger partial charge in [-0.15, -0.1) is 0 Å². The zero-order valence-corrected chi connectivity index (χ0v) is 8.90. The fourth-order valence-corrected chi connectivity index (χ4v) is 0.713. The van der Waals surface area contributed by atoms with Gasteiger partial charge in [0.15, 0.2) is 5.71 Å². The zero-order valence-electron chi connectivity index (χ0n) is 8.90. The second-order valence-electron chi connectivity index (χ2n) is 2.55. The summed E-state index contributed by atoms with van der Waals surface area (Å²) < 4.78 is 9.43. The van der Waals surface area contributed by atoms with Crippen molar-refractivity contribution in [2.75, 3.05) is 14.2 Å². The van der Waals surface area contributed by atoms with Crippen LogP contribution in [0.4, 0.5) is 0 Å². The van der Waals surface area contributed by atoms with Crippen LogP contribution < -0.4 is 5.73 Å². The summed E-state index contributed by atoms with van der Waals surface area (Å²) in [7, 11) is 2.77. The summed E-state index contributed by atoms with van der Waals surface area (Å²) in [6.07, 6.45) is 1.15. The van der Waals surface area contributed by atoms with E-state index in [4.69, 9.17) is 10.5 Å². The van der Waals surface area contributed by atoms with Crippen LogP contribution in [0.3, 0.4) is 0 Å². The smallest absolute Gasteiger partial charge is 0.358 e. The Kier molecular flexibility index (Phi) is 5.55. The predicted molar refractivity (Wildman–Crippen MR) is 53.9 cm³/mol. The molecule has 0 aliphatic carbocycles. The first-order valence-corrected chi connectivity index (χ1v) is 4.17. The summed E-state index contributed by atoms with van der Waals surface area (Å²) in [5.41, 5.74) is 5.94. The summed E-state index contributed by atoms with van der Waals surface area (Å²) >= 11 is 0. The Balaban J connectivity index is 4.90. The Morgan fingerprint density at radius 3 is 2.43 bits per heavy atom. The molecule has 80 valence electrons. The highest BCUT2D eigenvalue weighted by molar-refractivity contribution is 6.42. The Hall–Kier alpha value is -1.36. The highest BCUT2D eigenvalue weighted by atomic mass is 16.5. The second kappa shape index (κ2) is 6.15. The van der Waals surface area contributed by atoms with E-state index in [0.29, 0.717) is 0 Å². The van der Waals surface area contributed by atoms with Gasteiger partial charge in [-0.25, -0.2) is 9.79 Å². The highest BCUT2D eigenvalue weighted by Gasteiger charge is 2.15. The number of rotatable bonds is 4. The van der Waals surface area contributed by atoms with Gasteiger partial charge in [-0.3, -0.25) is 0 Å². The molecular formula is C9H16N2O3. The molecule has 0 heterocycles. The van der Waals surface area contributed by atoms with Gasteiger partial charge in [0.1, 0.15) is 6.23 Å². The molecular weight excluding hydrogens is 184 g/mol. The maximum Gasteiger partial charge on any atom is 0.358 e. The minimum atomic E-state index is -0.565. The maximum atomic E-state index is 11.2. The Morgan fingerprint density at radius 2 is 2.07 bits per heavy atom. The van der Waals surface area contributed by atoms with E-state index in [1.165, 1.54) is 14.2 Å². The summed E-state index contributed by atoms with van der Waals surface area (Å²) in [6, 6.07) is 0. The van der Waals surface area contributed by atoms with Crippen molar-refractivity contribution >= 4 is 11.7 Å². The Bertz CT molecular complexity index is 259. The maximum absolute atomic E-state index is 11.2. The molecule has 0 rings (SSSR count). The number of hydrogen-bond acceptors (Lipinski definition) is 5. The second-order valence-corrected chi connectivity index (χ2v) is 2.55. The lowest BCUT2D eigenvalue weighted by atomic mass is 10.2. The SMILES string of the molecule is C/C=C(N)\C(=N/C(C)OC)C(=O)OC. The fourth-order valence-electron chi connectivity index (χ4n) is 0.713. The third-order valence-electron chi connectivity index (χ3n) is 1.62. The lowest BCUT2D eigenvalue weighted by Crippen LogP contribution is -2.25. The molecule has 0 aliphatic rings. The molecule has 0 aromatic heterocycles. The van der Waals surface area contributed by atoms with Crippen molar-refractivity contribution in [1.29, 1.82) is 0 Å². The van der Waals surface area contributed by atoms with Crippen LogP contribution in [0.25, 0.3) is 0 Å². The van der Waals surface area contributed by atoms with E-state index in [1.807, 2.05) is 0 Å². The van der Waals surface area contributed by atoms with Crippen molar-refractivity contribution in [3.63, 3.8) is 0 Å². The molecule has 0 bridgehead atoms. The number of methoxy groups -OCH3 is 2. The highest BCUT2D eigenvalue weighted by Crippen LogP contribution is 1.99. The van der Waals surface area contributed by atoms with Crippen LogP contribution in [0, 0.1) is 0 Å². The molecule has 0 aromatic rings. The standard InChI is InChI=1S/C9H16N2O3/c1-5-7(10)8(9(12)14-4)11-6(2)13-3/h5-6H,10H2,1-4H3/b7-5+,11-8+. The number of hydrogen-bond donors (Lipinski definition) is 1. The average molecular weight is 200 g/mol. The minimum Gasteiger partial charge on any atom is -0.464 e. The molecule has 5 heteroatoms. The molecule has 5 nitrogen and oxygen atoms in total. The molecule has 0 aromatic carbocycles. The van der Waals surface area contributed by atoms with Gasteiger partial charge in [0.05, 0.1) is 12.8 Å². The summed E-state index contributed by atoms with van der Waals surface area (Å²) in [6.45, 7) is 3.41. The van der Waals surface area contributed by atoms with Crippen LogP contribution in [0.5, 0.6) is 0 Å². The number of nitrogens with two attached hydrogens (primary N) is 1. The van der Waals surface area contributed by atoms with E-state index in [0.717, 1.165) is 0 Å². The molecule has 0 radical (unpaired) electrons. The van der Waals surface area contributed by atoms with Gasteiger partial charge in [0.2, 0.25) is 0 Å². The minimum absolute atomic E-state index is 0.0874. The van der Waals surface area contributed by atoms with Crippen LogP contribution >= 0.6 is 0 Å². The Morgan fingerprint density at radius 1 is 1.50 bits per heavy atom. The van der Waals surface area contributed by atoms with Crippen molar-refractivity contribution in [2.24, 2.45) is 10.7 Å². The number of allylic oxidation sites excluding steroid dienone is 1. The van der Waals surface area contributed by atoms with Gasteiger partial charge in [-0.05, 0) is 13.8 Å². The number of carbonyl (C=O) groups excluding carboxylic acids is 1. The van der Waals surface area contributed by atoms with E-state index in [9.17, 15) is 4.79 Å². The van der Waals surface area contributed by atoms with Gasteiger partial charge in [-0.1, -0.05) is 6.08 Å². The normalized spacial score (nSPS) is 15.1. The van der Waals surface area contributed by atoms with Crippen LogP contribution in [-0.4, -0.2) is 32.1 Å². The fraction of sp³-hybridized carbons (Fsp3) is 0.556. The first-order valence-electron chi connectivity index (χ1n) is 4.17. The topological polar surface area (TPSA) is 73.9 Å². The van der Waals surface area contributed by atoms with E-state index in [1.54, 1.807) is 19.9 Å². The molecule has 0 saturated heterocycles. The van der Waals surface area contributed by atoms with Crippen LogP contribution in [0.1, 0.15) is 13.8 Å². The van der Waals surface area contributed by atoms with Gasteiger partial charge < -0.3 is 15.2 Å². The number of nitrogens with zero attached hydrogens (tertiary/aromatic N) is 1. The van der Waals surface area contributed by atoms with Gasteiger partial charge in [0.25, 0.3) is 0 Å². The van der Waals surface area contributed by atoms with Gasteiger partial charge >= 0.3 is 5.97 Å². The number of esters is 1. The molecule has 0 fully saturated rings. The molecule has 14 heavy (non-hydrogen) atoms. The van der Waals surface area contributed by atoms with E-state index in [-0.39, 0.29) is 11.4 Å². The Labute approximate surface area is 83.6 Å². The lowest BCUT2D eigenvalue weighted by Gasteiger charge is -2.08. The van der Waals surface area contributed by atoms with Crippen LogP contribution in [-0.2, 0) is 14.3 Å². The monoisotopic (exact) mass is 200 g/mol. The average Bonchev–Trinajstić information content (AvgIpc) is 2.23. The summed E-state index contributed by atoms with van der Waals surface area (Å²) in [4.78, 5) is 15.2. The molecule has 2 N–H and O–H groups in total. The zero-order chi connectivity index (χ0) is 11.1. The van der Waals surface area contributed by atoms with Crippen molar-refractivity contribution in [3.8, 4) is 0 Å².